The van der Waals surface area contributed by atoms with Gasteiger partial charge in [0.15, 0.2) is 0 Å². The Hall–Kier alpha value is -3.67. The van der Waals surface area contributed by atoms with E-state index >= 15 is 0 Å². The van der Waals surface area contributed by atoms with E-state index in [1.54, 1.807) is 0 Å². The molecule has 0 unspecified atom stereocenters. The summed E-state index contributed by atoms with van der Waals surface area (Å²) in [5.74, 6) is 0. The fourth-order valence-corrected chi connectivity index (χ4v) is 5.56. The Labute approximate surface area is 240 Å². The molecule has 1 heteroatoms. The monoisotopic (exact) mass is 564 g/mol. The third-order valence-electron chi connectivity index (χ3n) is 6.79. The molecule has 0 fully saturated rings. The second-order valence-electron chi connectivity index (χ2n) is 9.53. The predicted molar refractivity (Wildman–Crippen MR) is 162 cm³/mol. The van der Waals surface area contributed by atoms with Crippen LogP contribution in [0.3, 0.4) is 0 Å². The third-order valence-corrected chi connectivity index (χ3v) is 8.21. The van der Waals surface area contributed by atoms with Crippen LogP contribution in [0.25, 0.3) is 32.3 Å². The van der Waals surface area contributed by atoms with Gasteiger partial charge in [0, 0.05) is 0 Å². The summed E-state index contributed by atoms with van der Waals surface area (Å²) >= 11 is 1.46. The molecule has 0 amide bonds. The molecule has 0 nitrogen and oxygen atoms in total. The molecular formula is C37H30Zr. The summed E-state index contributed by atoms with van der Waals surface area (Å²) in [6, 6.07) is 51.3. The Bertz CT molecular complexity index is 1690. The predicted octanol–water partition coefficient (Wildman–Crippen LogP) is 9.69. The van der Waals surface area contributed by atoms with Gasteiger partial charge in [-0.05, 0) is 6.92 Å². The zero-order chi connectivity index (χ0) is 26.3. The van der Waals surface area contributed by atoms with Crippen molar-refractivity contribution in [2.75, 3.05) is 0 Å². The minimum atomic E-state index is 1.33. The van der Waals surface area contributed by atoms with Crippen molar-refractivity contribution in [2.24, 2.45) is 0 Å². The van der Waals surface area contributed by atoms with Crippen LogP contribution in [-0.4, -0.2) is 3.21 Å². The molecule has 7 aromatic carbocycles. The number of rotatable bonds is 2. The van der Waals surface area contributed by atoms with Gasteiger partial charge in [-0.3, -0.25) is 0 Å². The molecule has 0 aliphatic heterocycles. The van der Waals surface area contributed by atoms with E-state index in [4.69, 9.17) is 0 Å². The minimum absolute atomic E-state index is 1.33. The topological polar surface area (TPSA) is 0 Å². The van der Waals surface area contributed by atoms with Gasteiger partial charge in [-0.1, -0.05) is 48.9 Å². The van der Waals surface area contributed by atoms with Gasteiger partial charge >= 0.3 is 99.2 Å². The standard InChI is InChI=1S/C13H9.C13H10.C11H11.Zr/c1-3-7-12-10(5-1)9-11-6-2-4-8-13(11)12;1-3-7-12(8-4-1)11-13-9-5-2-6-10-13;1-8-3-5-10-6-4-9(2)11(10)7-8;/h1-9H;1-10H;3-7H,1-2H3;/q-1;;-1;+2. The smallest absolute Gasteiger partial charge is 0.0771 e. The number of fused-ring (bicyclic) bond motifs is 4. The van der Waals surface area contributed by atoms with Gasteiger partial charge in [-0.25, -0.2) is 0 Å². The van der Waals surface area contributed by atoms with Crippen LogP contribution in [0.4, 0.5) is 0 Å². The maximum atomic E-state index is 2.24. The van der Waals surface area contributed by atoms with Crippen LogP contribution in [-0.2, 0) is 24.2 Å². The molecule has 182 valence electrons. The van der Waals surface area contributed by atoms with Gasteiger partial charge in [0.25, 0.3) is 0 Å². The number of benzene rings is 5. The molecule has 0 saturated heterocycles. The average Bonchev–Trinajstić information content (AvgIpc) is 3.54. The molecule has 7 aromatic rings. The molecule has 0 N–H and O–H groups in total. The normalized spacial score (nSPS) is 10.5. The summed E-state index contributed by atoms with van der Waals surface area (Å²) in [4.78, 5) is 0. The summed E-state index contributed by atoms with van der Waals surface area (Å²) in [5, 5.41) is 8.14. The van der Waals surface area contributed by atoms with E-state index in [9.17, 15) is 0 Å². The van der Waals surface area contributed by atoms with Crippen LogP contribution in [0.1, 0.15) is 22.3 Å². The van der Waals surface area contributed by atoms with Crippen molar-refractivity contribution in [1.82, 2.24) is 0 Å². The van der Waals surface area contributed by atoms with E-state index in [2.05, 4.69) is 159 Å². The molecular weight excluding hydrogens is 536 g/mol. The van der Waals surface area contributed by atoms with Crippen molar-refractivity contribution in [3.63, 3.8) is 0 Å². The molecule has 0 aromatic heterocycles. The molecule has 0 radical (unpaired) electrons. The van der Waals surface area contributed by atoms with Gasteiger partial charge in [0.05, 0.1) is 0 Å². The third kappa shape index (κ3) is 6.07. The van der Waals surface area contributed by atoms with Crippen LogP contribution >= 0.6 is 0 Å². The molecule has 0 spiro atoms. The van der Waals surface area contributed by atoms with Crippen LogP contribution in [0.5, 0.6) is 0 Å². The minimum Gasteiger partial charge on any atom is -0.126 e. The molecule has 0 heterocycles. The molecule has 0 aliphatic rings. The molecule has 0 bridgehead atoms. The fourth-order valence-electron chi connectivity index (χ4n) is 4.74. The van der Waals surface area contributed by atoms with E-state index in [1.807, 2.05) is 0 Å². The quantitative estimate of drug-likeness (QED) is 0.183. The summed E-state index contributed by atoms with van der Waals surface area (Å²) in [6.45, 7) is 4.29. The number of hydrogen-bond acceptors (Lipinski definition) is 0. The summed E-state index contributed by atoms with van der Waals surface area (Å²) in [5.41, 5.74) is 5.38. The van der Waals surface area contributed by atoms with Crippen molar-refractivity contribution in [2.45, 2.75) is 13.8 Å². The second kappa shape index (κ2) is 12.3. The van der Waals surface area contributed by atoms with Crippen LogP contribution in [0.2, 0.25) is 0 Å². The molecule has 0 aliphatic carbocycles. The van der Waals surface area contributed by atoms with Gasteiger partial charge in [-0.2, -0.15) is 11.6 Å². The Morgan fingerprint density at radius 3 is 1.58 bits per heavy atom. The Morgan fingerprint density at radius 2 is 1.03 bits per heavy atom. The van der Waals surface area contributed by atoms with Gasteiger partial charge in [0.1, 0.15) is 0 Å². The molecule has 0 saturated carbocycles. The maximum absolute atomic E-state index is 2.24. The van der Waals surface area contributed by atoms with E-state index in [0.29, 0.717) is 0 Å². The zero-order valence-corrected chi connectivity index (χ0v) is 24.3. The van der Waals surface area contributed by atoms with E-state index in [1.165, 1.54) is 82.0 Å². The van der Waals surface area contributed by atoms with Crippen LogP contribution < -0.4 is 0 Å². The van der Waals surface area contributed by atoms with Crippen molar-refractivity contribution >= 4 is 35.5 Å². The average molecular weight is 566 g/mol. The molecule has 0 atom stereocenters. The van der Waals surface area contributed by atoms with Crippen molar-refractivity contribution in [1.29, 1.82) is 0 Å². The van der Waals surface area contributed by atoms with Gasteiger partial charge in [0.2, 0.25) is 0 Å². The Morgan fingerprint density at radius 1 is 0.526 bits per heavy atom. The maximum Gasteiger partial charge on any atom is -0.0771 e. The summed E-state index contributed by atoms with van der Waals surface area (Å²) in [6.07, 6.45) is 0. The second-order valence-corrected chi connectivity index (χ2v) is 10.8. The first-order valence-corrected chi connectivity index (χ1v) is 14.2. The number of hydrogen-bond donors (Lipinski definition) is 0. The first-order valence-electron chi connectivity index (χ1n) is 13.0. The van der Waals surface area contributed by atoms with Crippen molar-refractivity contribution in [3.05, 3.63) is 168 Å². The van der Waals surface area contributed by atoms with E-state index < -0.39 is 0 Å². The first kappa shape index (κ1) is 26.0. The summed E-state index contributed by atoms with van der Waals surface area (Å²) < 4.78 is 1.42. The van der Waals surface area contributed by atoms with Crippen LogP contribution in [0.15, 0.2) is 146 Å². The van der Waals surface area contributed by atoms with Crippen LogP contribution in [0, 0.1) is 13.8 Å². The molecule has 38 heavy (non-hydrogen) atoms. The summed E-state index contributed by atoms with van der Waals surface area (Å²) in [7, 11) is 0. The number of aryl methyl sites for hydroxylation is 2. The van der Waals surface area contributed by atoms with Crippen molar-refractivity contribution < 1.29 is 24.2 Å². The SMILES string of the molecule is Cc1ccc2[cH-]cc(C)c2c1.[Zr+2]=[C](c1ccccc1)c1ccccc1.c1ccc2c(c1)[cH-]c1ccccc12. The van der Waals surface area contributed by atoms with Crippen molar-refractivity contribution in [3.8, 4) is 0 Å². The molecule has 7 rings (SSSR count). The van der Waals surface area contributed by atoms with E-state index in [0.717, 1.165) is 0 Å². The Kier molecular flexibility index (Phi) is 8.37. The van der Waals surface area contributed by atoms with E-state index in [-0.39, 0.29) is 0 Å². The first-order chi connectivity index (χ1) is 18.6. The fraction of sp³-hybridized carbons (Fsp3) is 0.0541. The van der Waals surface area contributed by atoms with Gasteiger partial charge < -0.3 is 0 Å². The van der Waals surface area contributed by atoms with Gasteiger partial charge in [-0.15, -0.1) is 74.8 Å². The Balaban J connectivity index is 0.000000117. The largest absolute Gasteiger partial charge is 0.126 e. The zero-order valence-electron chi connectivity index (χ0n) is 21.9.